The fourth-order valence-corrected chi connectivity index (χ4v) is 4.98. The second-order valence-electron chi connectivity index (χ2n) is 9.96. The molecule has 2 N–H and O–H groups in total. The molecule has 2 aliphatic rings. The van der Waals surface area contributed by atoms with Crippen LogP contribution in [0.4, 0.5) is 16.0 Å². The van der Waals surface area contributed by atoms with E-state index in [-0.39, 0.29) is 5.92 Å². The molecule has 0 radical (unpaired) electrons. The largest absolute Gasteiger partial charge is 0.389 e. The van der Waals surface area contributed by atoms with Crippen LogP contribution in [0.25, 0.3) is 10.9 Å². The van der Waals surface area contributed by atoms with Crippen molar-refractivity contribution >= 4 is 34.1 Å². The molecule has 2 atom stereocenters. The predicted octanol–water partition coefficient (Wildman–Crippen LogP) is 3.83. The maximum absolute atomic E-state index is 15.2. The number of benzene rings is 1. The van der Waals surface area contributed by atoms with Gasteiger partial charge in [-0.05, 0) is 51.4 Å². The van der Waals surface area contributed by atoms with E-state index >= 15 is 4.39 Å². The van der Waals surface area contributed by atoms with Gasteiger partial charge in [-0.15, -0.1) is 0 Å². The van der Waals surface area contributed by atoms with Crippen molar-refractivity contribution in [3.05, 3.63) is 40.8 Å². The van der Waals surface area contributed by atoms with Crippen molar-refractivity contribution in [1.82, 2.24) is 24.6 Å². The number of aliphatic hydroxyl groups is 1. The van der Waals surface area contributed by atoms with Crippen molar-refractivity contribution in [2.24, 2.45) is 0 Å². The summed E-state index contributed by atoms with van der Waals surface area (Å²) in [7, 11) is 0. The Morgan fingerprint density at radius 1 is 1.29 bits per heavy atom. The Morgan fingerprint density at radius 3 is 2.76 bits per heavy atom. The van der Waals surface area contributed by atoms with Crippen molar-refractivity contribution in [1.29, 1.82) is 0 Å². The summed E-state index contributed by atoms with van der Waals surface area (Å²) in [5.41, 5.74) is 2.25. The highest BCUT2D eigenvalue weighted by molar-refractivity contribution is 6.32. The lowest BCUT2D eigenvalue weighted by Gasteiger charge is -2.43. The van der Waals surface area contributed by atoms with Crippen LogP contribution in [-0.2, 0) is 11.3 Å². The predicted molar refractivity (Wildman–Crippen MR) is 130 cm³/mol. The number of ether oxygens (including phenoxy) is 1. The van der Waals surface area contributed by atoms with Crippen molar-refractivity contribution < 1.29 is 14.2 Å². The highest BCUT2D eigenvalue weighted by atomic mass is 35.5. The van der Waals surface area contributed by atoms with E-state index in [1.54, 1.807) is 30.9 Å². The molecule has 3 aromatic rings. The van der Waals surface area contributed by atoms with Gasteiger partial charge in [-0.2, -0.15) is 5.10 Å². The van der Waals surface area contributed by atoms with Gasteiger partial charge in [0.25, 0.3) is 0 Å². The Kier molecular flexibility index (Phi) is 6.22. The van der Waals surface area contributed by atoms with Gasteiger partial charge in [0.15, 0.2) is 0 Å². The molecule has 0 aliphatic carbocycles. The number of fused-ring (bicyclic) bond motifs is 1. The van der Waals surface area contributed by atoms with Gasteiger partial charge in [0.1, 0.15) is 6.17 Å². The Hall–Kier alpha value is -2.33. The first kappa shape index (κ1) is 23.4. The molecule has 5 rings (SSSR count). The van der Waals surface area contributed by atoms with Crippen LogP contribution in [0.2, 0.25) is 5.02 Å². The molecule has 1 aromatic carbocycles. The highest BCUT2D eigenvalue weighted by Gasteiger charge is 2.36. The molecule has 0 bridgehead atoms. The molecule has 2 aliphatic heterocycles. The quantitative estimate of drug-likeness (QED) is 0.545. The zero-order valence-electron chi connectivity index (χ0n) is 19.6. The lowest BCUT2D eigenvalue weighted by Crippen LogP contribution is -2.54. The number of aromatic nitrogens is 4. The third-order valence-corrected chi connectivity index (χ3v) is 7.02. The second kappa shape index (κ2) is 9.03. The summed E-state index contributed by atoms with van der Waals surface area (Å²) in [5.74, 6) is 0.158. The van der Waals surface area contributed by atoms with Crippen molar-refractivity contribution in [3.63, 3.8) is 0 Å². The number of halogens is 2. The first-order chi connectivity index (χ1) is 16.2. The van der Waals surface area contributed by atoms with Crippen molar-refractivity contribution in [2.75, 3.05) is 31.6 Å². The van der Waals surface area contributed by atoms with E-state index < -0.39 is 11.8 Å². The molecular formula is C24H30ClFN6O2. The van der Waals surface area contributed by atoms with E-state index in [0.717, 1.165) is 28.9 Å². The fourth-order valence-electron chi connectivity index (χ4n) is 4.67. The zero-order valence-corrected chi connectivity index (χ0v) is 20.4. The molecule has 0 unspecified atom stereocenters. The summed E-state index contributed by atoms with van der Waals surface area (Å²) in [6.45, 7) is 8.39. The molecule has 34 heavy (non-hydrogen) atoms. The summed E-state index contributed by atoms with van der Waals surface area (Å²) in [6.07, 6.45) is 3.12. The van der Waals surface area contributed by atoms with Crippen LogP contribution >= 0.6 is 11.6 Å². The average Bonchev–Trinajstić information content (AvgIpc) is 3.05. The van der Waals surface area contributed by atoms with Crippen LogP contribution in [-0.4, -0.2) is 73.9 Å². The zero-order chi connectivity index (χ0) is 24.0. The molecule has 2 aromatic heterocycles. The highest BCUT2D eigenvalue weighted by Crippen LogP contribution is 2.37. The van der Waals surface area contributed by atoms with Crippen LogP contribution in [0.1, 0.15) is 37.4 Å². The van der Waals surface area contributed by atoms with Gasteiger partial charge in [-0.3, -0.25) is 9.58 Å². The lowest BCUT2D eigenvalue weighted by molar-refractivity contribution is -0.0806. The van der Waals surface area contributed by atoms with Gasteiger partial charge >= 0.3 is 0 Å². The summed E-state index contributed by atoms with van der Waals surface area (Å²) < 4.78 is 22.2. The SMILES string of the molecule is Cc1c(Nc2ncc3cc(Cl)c([C@H]4CCN(C5COC5)C[C@@H]4F)cc3n2)cnn1CC(C)(C)O. The van der Waals surface area contributed by atoms with Crippen LogP contribution < -0.4 is 5.32 Å². The Balaban J connectivity index is 1.37. The van der Waals surface area contributed by atoms with Gasteiger partial charge in [0.05, 0.1) is 54.5 Å². The third kappa shape index (κ3) is 4.75. The van der Waals surface area contributed by atoms with Crippen LogP contribution in [0.15, 0.2) is 24.5 Å². The van der Waals surface area contributed by atoms with E-state index in [1.807, 2.05) is 19.1 Å². The summed E-state index contributed by atoms with van der Waals surface area (Å²) in [4.78, 5) is 11.3. The van der Waals surface area contributed by atoms with Gasteiger partial charge in [-0.25, -0.2) is 14.4 Å². The Morgan fingerprint density at radius 2 is 2.09 bits per heavy atom. The number of hydrogen-bond donors (Lipinski definition) is 2. The van der Waals surface area contributed by atoms with Crippen LogP contribution in [0, 0.1) is 6.92 Å². The molecule has 10 heteroatoms. The Labute approximate surface area is 203 Å². The van der Waals surface area contributed by atoms with E-state index in [0.29, 0.717) is 55.3 Å². The van der Waals surface area contributed by atoms with Gasteiger partial charge < -0.3 is 15.2 Å². The van der Waals surface area contributed by atoms with Gasteiger partial charge in [-0.1, -0.05) is 11.6 Å². The number of nitrogens with zero attached hydrogens (tertiary/aromatic N) is 5. The fraction of sp³-hybridized carbons (Fsp3) is 0.542. The number of likely N-dealkylation sites (tertiary alicyclic amines) is 1. The number of rotatable bonds is 6. The summed E-state index contributed by atoms with van der Waals surface area (Å²) in [5, 5.41) is 19.0. The first-order valence-electron chi connectivity index (χ1n) is 11.6. The minimum absolute atomic E-state index is 0.261. The molecule has 8 nitrogen and oxygen atoms in total. The van der Waals surface area contributed by atoms with E-state index in [9.17, 15) is 5.11 Å². The topological polar surface area (TPSA) is 88.3 Å². The monoisotopic (exact) mass is 488 g/mol. The number of alkyl halides is 1. The molecule has 0 amide bonds. The number of piperidine rings is 1. The van der Waals surface area contributed by atoms with Gasteiger partial charge in [0, 0.05) is 29.1 Å². The van der Waals surface area contributed by atoms with Crippen molar-refractivity contribution in [3.8, 4) is 0 Å². The molecular weight excluding hydrogens is 459 g/mol. The molecule has 182 valence electrons. The summed E-state index contributed by atoms with van der Waals surface area (Å²) >= 11 is 6.58. The molecule has 2 fully saturated rings. The number of anilines is 2. The average molecular weight is 489 g/mol. The van der Waals surface area contributed by atoms with E-state index in [2.05, 4.69) is 25.3 Å². The minimum atomic E-state index is -0.993. The maximum atomic E-state index is 15.2. The molecule has 0 saturated carbocycles. The Bertz CT molecular complexity index is 1190. The molecule has 2 saturated heterocycles. The maximum Gasteiger partial charge on any atom is 0.227 e. The third-order valence-electron chi connectivity index (χ3n) is 6.69. The lowest BCUT2D eigenvalue weighted by atomic mass is 9.86. The number of hydrogen-bond acceptors (Lipinski definition) is 7. The van der Waals surface area contributed by atoms with Crippen LogP contribution in [0.3, 0.4) is 0 Å². The number of nitrogens with one attached hydrogen (secondary N) is 1. The van der Waals surface area contributed by atoms with Crippen LogP contribution in [0.5, 0.6) is 0 Å². The summed E-state index contributed by atoms with van der Waals surface area (Å²) in [6, 6.07) is 4.06. The van der Waals surface area contributed by atoms with Crippen molar-refractivity contribution in [2.45, 2.75) is 57.5 Å². The van der Waals surface area contributed by atoms with E-state index in [1.165, 1.54) is 0 Å². The standard InChI is InChI=1S/C24H30ClFN6O2/c1-14-22(9-28-32(14)13-24(2,3)33)30-23-27-8-15-6-19(25)18(7-21(15)29-23)17-4-5-31(10-20(17)26)16-11-34-12-16/h6-9,16-17,20,33H,4-5,10-13H2,1-3H3,(H,27,29,30)/t17-,20+/m1/s1. The van der Waals surface area contributed by atoms with Gasteiger partial charge in [0.2, 0.25) is 5.95 Å². The second-order valence-corrected chi connectivity index (χ2v) is 10.4. The normalized spacial score (nSPS) is 22.2. The molecule has 4 heterocycles. The first-order valence-corrected chi connectivity index (χ1v) is 12.0. The smallest absolute Gasteiger partial charge is 0.227 e. The van der Waals surface area contributed by atoms with E-state index in [4.69, 9.17) is 16.3 Å². The minimum Gasteiger partial charge on any atom is -0.389 e. The molecule has 0 spiro atoms.